The number of halogens is 2. The summed E-state index contributed by atoms with van der Waals surface area (Å²) in [5, 5.41) is 10.3. The van der Waals surface area contributed by atoms with Crippen molar-refractivity contribution in [1.29, 1.82) is 0 Å². The third kappa shape index (κ3) is 4.44. The summed E-state index contributed by atoms with van der Waals surface area (Å²) >= 11 is 11.6. The van der Waals surface area contributed by atoms with E-state index in [0.717, 1.165) is 0 Å². The lowest BCUT2D eigenvalue weighted by molar-refractivity contribution is -0.144. The molecule has 7 nitrogen and oxygen atoms in total. The van der Waals surface area contributed by atoms with E-state index in [4.69, 9.17) is 32.4 Å². The first kappa shape index (κ1) is 16.3. The first-order chi connectivity index (χ1) is 10.5. The number of aromatic nitrogens is 2. The summed E-state index contributed by atoms with van der Waals surface area (Å²) in [4.78, 5) is 23.4. The lowest BCUT2D eigenvalue weighted by Crippen LogP contribution is -2.30. The lowest BCUT2D eigenvalue weighted by atomic mass is 10.2. The molecule has 0 spiro atoms. The van der Waals surface area contributed by atoms with E-state index < -0.39 is 11.9 Å². The Morgan fingerprint density at radius 3 is 2.73 bits per heavy atom. The smallest absolute Gasteiger partial charge is 0.325 e. The predicted octanol–water partition coefficient (Wildman–Crippen LogP) is 2.16. The molecule has 2 aromatic rings. The molecule has 116 valence electrons. The van der Waals surface area contributed by atoms with E-state index in [0.29, 0.717) is 10.9 Å². The number of carbonyl (C=O) groups is 2. The number of carbonyl (C=O) groups excluding carboxylic acids is 2. The van der Waals surface area contributed by atoms with Crippen LogP contribution in [0.1, 0.15) is 22.1 Å². The minimum absolute atomic E-state index is 0.156. The summed E-state index contributed by atoms with van der Waals surface area (Å²) in [7, 11) is 0. The largest absolute Gasteiger partial charge is 0.454 e. The van der Waals surface area contributed by atoms with Crippen LogP contribution in [-0.2, 0) is 16.1 Å². The Morgan fingerprint density at radius 1 is 1.32 bits per heavy atom. The van der Waals surface area contributed by atoms with Crippen molar-refractivity contribution in [3.05, 3.63) is 45.6 Å². The third-order valence-corrected chi connectivity index (χ3v) is 3.04. The van der Waals surface area contributed by atoms with Crippen LogP contribution < -0.4 is 5.32 Å². The molecule has 0 atom stereocenters. The Morgan fingerprint density at radius 2 is 2.09 bits per heavy atom. The van der Waals surface area contributed by atoms with Crippen molar-refractivity contribution in [3.63, 3.8) is 0 Å². The highest BCUT2D eigenvalue weighted by Gasteiger charge is 2.13. The standard InChI is InChI=1S/C13H11Cl2N3O4/c1-7-17-18-11(22-7)6-21-12(19)5-16-13(20)9-3-2-8(14)4-10(9)15/h2-4H,5-6H2,1H3,(H,16,20). The van der Waals surface area contributed by atoms with E-state index in [1.54, 1.807) is 6.92 Å². The van der Waals surface area contributed by atoms with Crippen LogP contribution in [0, 0.1) is 6.92 Å². The summed E-state index contributed by atoms with van der Waals surface area (Å²) in [5.41, 5.74) is 0.214. The van der Waals surface area contributed by atoms with Crippen LogP contribution in [0.4, 0.5) is 0 Å². The van der Waals surface area contributed by atoms with Gasteiger partial charge < -0.3 is 14.5 Å². The van der Waals surface area contributed by atoms with Crippen LogP contribution >= 0.6 is 23.2 Å². The van der Waals surface area contributed by atoms with Crippen LogP contribution in [0.15, 0.2) is 22.6 Å². The Kier molecular flexibility index (Phi) is 5.35. The third-order valence-electron chi connectivity index (χ3n) is 2.49. The monoisotopic (exact) mass is 343 g/mol. The van der Waals surface area contributed by atoms with Crippen LogP contribution in [0.5, 0.6) is 0 Å². The first-order valence-corrected chi connectivity index (χ1v) is 6.89. The van der Waals surface area contributed by atoms with Gasteiger partial charge in [-0.25, -0.2) is 0 Å². The summed E-state index contributed by atoms with van der Waals surface area (Å²) < 4.78 is 9.91. The van der Waals surface area contributed by atoms with Gasteiger partial charge in [-0.3, -0.25) is 9.59 Å². The van der Waals surface area contributed by atoms with Gasteiger partial charge in [-0.05, 0) is 18.2 Å². The van der Waals surface area contributed by atoms with E-state index in [9.17, 15) is 9.59 Å². The maximum absolute atomic E-state index is 11.9. The van der Waals surface area contributed by atoms with Gasteiger partial charge in [-0.15, -0.1) is 10.2 Å². The second kappa shape index (κ2) is 7.24. The molecule has 0 radical (unpaired) electrons. The van der Waals surface area contributed by atoms with Gasteiger partial charge in [0, 0.05) is 11.9 Å². The first-order valence-electron chi connectivity index (χ1n) is 6.13. The van der Waals surface area contributed by atoms with Gasteiger partial charge >= 0.3 is 5.97 Å². The number of nitrogens with zero attached hydrogens (tertiary/aromatic N) is 2. The highest BCUT2D eigenvalue weighted by atomic mass is 35.5. The van der Waals surface area contributed by atoms with E-state index in [2.05, 4.69) is 15.5 Å². The zero-order chi connectivity index (χ0) is 16.1. The van der Waals surface area contributed by atoms with Crippen molar-refractivity contribution in [3.8, 4) is 0 Å². The molecular formula is C13H11Cl2N3O4. The number of hydrogen-bond acceptors (Lipinski definition) is 6. The molecule has 0 aliphatic rings. The molecule has 2 rings (SSSR count). The summed E-state index contributed by atoms with van der Waals surface area (Å²) in [6.07, 6.45) is 0. The van der Waals surface area contributed by atoms with Gasteiger partial charge in [0.05, 0.1) is 10.6 Å². The molecule has 9 heteroatoms. The lowest BCUT2D eigenvalue weighted by Gasteiger charge is -2.06. The molecule has 0 aliphatic carbocycles. The summed E-state index contributed by atoms with van der Waals surface area (Å²) in [6.45, 7) is 1.15. The highest BCUT2D eigenvalue weighted by molar-refractivity contribution is 6.36. The molecule has 1 heterocycles. The van der Waals surface area contributed by atoms with E-state index >= 15 is 0 Å². The predicted molar refractivity (Wildman–Crippen MR) is 77.6 cm³/mol. The fraction of sp³-hybridized carbons (Fsp3) is 0.231. The van der Waals surface area contributed by atoms with Gasteiger partial charge in [0.2, 0.25) is 5.89 Å². The van der Waals surface area contributed by atoms with E-state index in [1.165, 1.54) is 18.2 Å². The number of aryl methyl sites for hydroxylation is 1. The van der Waals surface area contributed by atoms with Gasteiger partial charge in [-0.2, -0.15) is 0 Å². The zero-order valence-electron chi connectivity index (χ0n) is 11.4. The molecule has 1 aromatic carbocycles. The summed E-state index contributed by atoms with van der Waals surface area (Å²) in [5.74, 6) is -0.601. The van der Waals surface area contributed by atoms with Gasteiger partial charge in [0.25, 0.3) is 11.8 Å². The fourth-order valence-corrected chi connectivity index (χ4v) is 2.00. The van der Waals surface area contributed by atoms with Crippen LogP contribution in [0.25, 0.3) is 0 Å². The number of rotatable bonds is 5. The van der Waals surface area contributed by atoms with Crippen molar-refractivity contribution in [2.75, 3.05) is 6.54 Å². The van der Waals surface area contributed by atoms with Gasteiger partial charge in [0.15, 0.2) is 6.61 Å². The van der Waals surface area contributed by atoms with Crippen LogP contribution in [0.3, 0.4) is 0 Å². The van der Waals surface area contributed by atoms with Crippen LogP contribution in [0.2, 0.25) is 10.0 Å². The quantitative estimate of drug-likeness (QED) is 0.836. The molecule has 0 unspecified atom stereocenters. The van der Waals surface area contributed by atoms with Gasteiger partial charge in [-0.1, -0.05) is 23.2 Å². The second-order valence-corrected chi connectivity index (χ2v) is 5.03. The van der Waals surface area contributed by atoms with Gasteiger partial charge in [0.1, 0.15) is 6.54 Å². The highest BCUT2D eigenvalue weighted by Crippen LogP contribution is 2.20. The molecule has 0 saturated heterocycles. The molecule has 0 saturated carbocycles. The summed E-state index contributed by atoms with van der Waals surface area (Å²) in [6, 6.07) is 4.43. The SMILES string of the molecule is Cc1nnc(COC(=O)CNC(=O)c2ccc(Cl)cc2Cl)o1. The number of amides is 1. The van der Waals surface area contributed by atoms with Crippen molar-refractivity contribution in [2.24, 2.45) is 0 Å². The number of nitrogens with one attached hydrogen (secondary N) is 1. The average Bonchev–Trinajstić information content (AvgIpc) is 2.88. The Bertz CT molecular complexity index is 702. The molecule has 1 aromatic heterocycles. The Balaban J connectivity index is 1.81. The molecule has 0 aliphatic heterocycles. The fourth-order valence-electron chi connectivity index (χ4n) is 1.51. The van der Waals surface area contributed by atoms with Crippen molar-refractivity contribution in [2.45, 2.75) is 13.5 Å². The van der Waals surface area contributed by atoms with Crippen molar-refractivity contribution < 1.29 is 18.7 Å². The maximum atomic E-state index is 11.9. The molecular weight excluding hydrogens is 333 g/mol. The Hall–Kier alpha value is -2.12. The minimum Gasteiger partial charge on any atom is -0.454 e. The topological polar surface area (TPSA) is 94.3 Å². The number of benzene rings is 1. The second-order valence-electron chi connectivity index (χ2n) is 4.18. The molecule has 0 fully saturated rings. The Labute approximate surface area is 135 Å². The van der Waals surface area contributed by atoms with E-state index in [-0.39, 0.29) is 29.6 Å². The molecule has 0 bridgehead atoms. The van der Waals surface area contributed by atoms with Crippen molar-refractivity contribution >= 4 is 35.1 Å². The normalized spacial score (nSPS) is 10.3. The maximum Gasteiger partial charge on any atom is 0.325 e. The zero-order valence-corrected chi connectivity index (χ0v) is 12.9. The molecule has 1 amide bonds. The van der Waals surface area contributed by atoms with Crippen LogP contribution in [-0.4, -0.2) is 28.6 Å². The molecule has 22 heavy (non-hydrogen) atoms. The number of hydrogen-bond donors (Lipinski definition) is 1. The van der Waals surface area contributed by atoms with Crippen molar-refractivity contribution in [1.82, 2.24) is 15.5 Å². The minimum atomic E-state index is -0.644. The molecule has 1 N–H and O–H groups in total. The number of ether oxygens (including phenoxy) is 1. The average molecular weight is 344 g/mol. The number of esters is 1. The van der Waals surface area contributed by atoms with E-state index in [1.807, 2.05) is 0 Å².